The summed E-state index contributed by atoms with van der Waals surface area (Å²) >= 11 is 0. The molecule has 2 heteroatoms. The highest BCUT2D eigenvalue weighted by Crippen LogP contribution is 2.19. The molecular formula is C11H21O2. The van der Waals surface area contributed by atoms with Crippen molar-refractivity contribution in [3.8, 4) is 0 Å². The zero-order valence-electron chi connectivity index (χ0n) is 8.46. The molecule has 0 spiro atoms. The zero-order chi connectivity index (χ0) is 9.36. The van der Waals surface area contributed by atoms with Gasteiger partial charge in [-0.25, -0.2) is 5.11 Å². The zero-order valence-corrected chi connectivity index (χ0v) is 8.46. The molecule has 0 heterocycles. The average molecular weight is 185 g/mol. The molecule has 0 atom stereocenters. The second kappa shape index (κ2) is 7.34. The van der Waals surface area contributed by atoms with E-state index < -0.39 is 0 Å². The van der Waals surface area contributed by atoms with Gasteiger partial charge in [0, 0.05) is 6.61 Å². The second-order valence-corrected chi connectivity index (χ2v) is 3.90. The summed E-state index contributed by atoms with van der Waals surface area (Å²) in [7, 11) is 0. The monoisotopic (exact) mass is 185 g/mol. The van der Waals surface area contributed by atoms with Crippen molar-refractivity contribution in [1.29, 1.82) is 0 Å². The van der Waals surface area contributed by atoms with Gasteiger partial charge in [-0.05, 0) is 19.3 Å². The van der Waals surface area contributed by atoms with Crippen LogP contribution in [-0.4, -0.2) is 19.3 Å². The predicted octanol–water partition coefficient (Wildman–Crippen LogP) is 2.94. The summed E-state index contributed by atoms with van der Waals surface area (Å²) < 4.78 is 5.66. The van der Waals surface area contributed by atoms with Crippen molar-refractivity contribution in [1.82, 2.24) is 0 Å². The van der Waals surface area contributed by atoms with E-state index in [-0.39, 0.29) is 6.61 Å². The van der Waals surface area contributed by atoms with Crippen LogP contribution in [0.4, 0.5) is 0 Å². The Morgan fingerprint density at radius 2 is 1.62 bits per heavy atom. The smallest absolute Gasteiger partial charge is 0.0844 e. The van der Waals surface area contributed by atoms with Crippen LogP contribution in [0.1, 0.15) is 51.4 Å². The van der Waals surface area contributed by atoms with E-state index in [1.165, 1.54) is 44.9 Å². The summed E-state index contributed by atoms with van der Waals surface area (Å²) in [6, 6.07) is 0. The number of hydrogen-bond acceptors (Lipinski definition) is 1. The van der Waals surface area contributed by atoms with Gasteiger partial charge in [-0.2, -0.15) is 0 Å². The highest BCUT2D eigenvalue weighted by atomic mass is 16.5. The van der Waals surface area contributed by atoms with E-state index in [2.05, 4.69) is 0 Å². The maximum atomic E-state index is 10.2. The lowest BCUT2D eigenvalue weighted by molar-refractivity contribution is 0.0228. The molecule has 1 radical (unpaired) electrons. The Labute approximate surface area is 81.3 Å². The van der Waals surface area contributed by atoms with Gasteiger partial charge in [0.25, 0.3) is 0 Å². The van der Waals surface area contributed by atoms with Crippen molar-refractivity contribution in [2.75, 3.05) is 13.2 Å². The van der Waals surface area contributed by atoms with E-state index in [1.54, 1.807) is 0 Å². The maximum absolute atomic E-state index is 10.2. The van der Waals surface area contributed by atoms with Crippen LogP contribution in [0.15, 0.2) is 0 Å². The first-order valence-electron chi connectivity index (χ1n) is 5.63. The summed E-state index contributed by atoms with van der Waals surface area (Å²) in [5.41, 5.74) is 0. The van der Waals surface area contributed by atoms with Crippen LogP contribution in [-0.2, 0) is 9.84 Å². The lowest BCUT2D eigenvalue weighted by Crippen LogP contribution is -2.15. The normalized spacial score (nSPS) is 21.0. The van der Waals surface area contributed by atoms with Gasteiger partial charge in [0.2, 0.25) is 0 Å². The van der Waals surface area contributed by atoms with Gasteiger partial charge in [-0.1, -0.05) is 32.1 Å². The molecule has 0 saturated heterocycles. The molecule has 0 N–H and O–H groups in total. The average Bonchev–Trinajstić information content (AvgIpc) is 2.08. The molecule has 2 nitrogen and oxygen atoms in total. The van der Waals surface area contributed by atoms with Gasteiger partial charge in [-0.3, -0.25) is 0 Å². The molecule has 1 fully saturated rings. The van der Waals surface area contributed by atoms with Gasteiger partial charge >= 0.3 is 0 Å². The van der Waals surface area contributed by atoms with E-state index >= 15 is 0 Å². The topological polar surface area (TPSA) is 29.1 Å². The minimum absolute atomic E-state index is 0.00667. The van der Waals surface area contributed by atoms with Gasteiger partial charge in [-0.15, -0.1) is 0 Å². The summed E-state index contributed by atoms with van der Waals surface area (Å²) in [4.78, 5) is 0. The highest BCUT2D eigenvalue weighted by molar-refractivity contribution is 4.62. The number of rotatable bonds is 4. The van der Waals surface area contributed by atoms with Crippen LogP contribution >= 0.6 is 0 Å². The molecule has 1 aliphatic rings. The van der Waals surface area contributed by atoms with Gasteiger partial charge in [0.15, 0.2) is 0 Å². The first kappa shape index (κ1) is 11.0. The molecule has 0 unspecified atom stereocenters. The summed E-state index contributed by atoms with van der Waals surface area (Å²) in [6.45, 7) is 0.681. The maximum Gasteiger partial charge on any atom is 0.0844 e. The lowest BCUT2D eigenvalue weighted by Gasteiger charge is -2.19. The van der Waals surface area contributed by atoms with Crippen molar-refractivity contribution in [2.24, 2.45) is 0 Å². The van der Waals surface area contributed by atoms with Crippen LogP contribution in [0.2, 0.25) is 0 Å². The van der Waals surface area contributed by atoms with Crippen molar-refractivity contribution in [2.45, 2.75) is 57.5 Å². The number of hydrogen-bond donors (Lipinski definition) is 0. The molecule has 1 rings (SSSR count). The Balaban J connectivity index is 2.06. The van der Waals surface area contributed by atoms with Crippen molar-refractivity contribution >= 4 is 0 Å². The quantitative estimate of drug-likeness (QED) is 0.619. The minimum atomic E-state index is 0.00667. The second-order valence-electron chi connectivity index (χ2n) is 3.90. The van der Waals surface area contributed by atoms with Crippen LogP contribution in [0.25, 0.3) is 0 Å². The Kier molecular flexibility index (Phi) is 6.21. The van der Waals surface area contributed by atoms with Crippen molar-refractivity contribution in [3.05, 3.63) is 0 Å². The molecule has 0 aromatic heterocycles. The van der Waals surface area contributed by atoms with E-state index in [9.17, 15) is 5.11 Å². The standard InChI is InChI=1S/C11H21O2/c12-9-6-10-13-11-7-4-2-1-3-5-8-11/h11H,1-10H2. The fraction of sp³-hybridized carbons (Fsp3) is 1.00. The number of ether oxygens (including phenoxy) is 1. The fourth-order valence-corrected chi connectivity index (χ4v) is 1.89. The Morgan fingerprint density at radius 3 is 2.23 bits per heavy atom. The molecule has 0 aromatic carbocycles. The van der Waals surface area contributed by atoms with Crippen LogP contribution < -0.4 is 0 Å². The SMILES string of the molecule is [O]CCCOC1CCCCCCC1. The molecule has 0 aliphatic heterocycles. The minimum Gasteiger partial charge on any atom is -0.378 e. The first-order valence-corrected chi connectivity index (χ1v) is 5.63. The molecule has 1 saturated carbocycles. The lowest BCUT2D eigenvalue weighted by atomic mass is 9.99. The Morgan fingerprint density at radius 1 is 1.00 bits per heavy atom. The van der Waals surface area contributed by atoms with E-state index in [0.717, 1.165) is 0 Å². The van der Waals surface area contributed by atoms with Crippen molar-refractivity contribution < 1.29 is 9.84 Å². The predicted molar refractivity (Wildman–Crippen MR) is 52.2 cm³/mol. The van der Waals surface area contributed by atoms with Gasteiger partial charge in [0.05, 0.1) is 12.7 Å². The van der Waals surface area contributed by atoms with Crippen LogP contribution in [0, 0.1) is 0 Å². The van der Waals surface area contributed by atoms with Crippen molar-refractivity contribution in [3.63, 3.8) is 0 Å². The molecule has 0 bridgehead atoms. The largest absolute Gasteiger partial charge is 0.378 e. The van der Waals surface area contributed by atoms with Crippen LogP contribution in [0.3, 0.4) is 0 Å². The molecule has 0 amide bonds. The highest BCUT2D eigenvalue weighted by Gasteiger charge is 2.10. The molecule has 0 aromatic rings. The Bertz CT molecular complexity index is 107. The third kappa shape index (κ3) is 5.27. The van der Waals surface area contributed by atoms with Gasteiger partial charge in [0.1, 0.15) is 0 Å². The summed E-state index contributed by atoms with van der Waals surface area (Å²) in [5.74, 6) is 0. The molecular weight excluding hydrogens is 164 g/mol. The van der Waals surface area contributed by atoms with Crippen LogP contribution in [0.5, 0.6) is 0 Å². The fourth-order valence-electron chi connectivity index (χ4n) is 1.89. The Hall–Kier alpha value is -0.0800. The molecule has 77 valence electrons. The molecule has 1 aliphatic carbocycles. The summed E-state index contributed by atoms with van der Waals surface area (Å²) in [5, 5.41) is 10.2. The van der Waals surface area contributed by atoms with E-state index in [0.29, 0.717) is 19.1 Å². The third-order valence-electron chi connectivity index (χ3n) is 2.69. The van der Waals surface area contributed by atoms with E-state index in [1.807, 2.05) is 0 Å². The first-order chi connectivity index (χ1) is 6.43. The third-order valence-corrected chi connectivity index (χ3v) is 2.69. The summed E-state index contributed by atoms with van der Waals surface area (Å²) in [6.07, 6.45) is 10.3. The molecule has 13 heavy (non-hydrogen) atoms. The van der Waals surface area contributed by atoms with E-state index in [4.69, 9.17) is 4.74 Å². The van der Waals surface area contributed by atoms with Gasteiger partial charge < -0.3 is 4.74 Å².